The Balaban J connectivity index is 1.99. The molecule has 0 atom stereocenters. The van der Waals surface area contributed by atoms with Gasteiger partial charge in [0.05, 0.1) is 19.4 Å². The van der Waals surface area contributed by atoms with E-state index in [0.717, 1.165) is 0 Å². The third kappa shape index (κ3) is 3.19. The molecular weight excluding hydrogens is 320 g/mol. The van der Waals surface area contributed by atoms with E-state index in [1.54, 1.807) is 49.6 Å². The molecule has 128 valence electrons. The highest BCUT2D eigenvalue weighted by Gasteiger charge is 2.34. The highest BCUT2D eigenvalue weighted by Crippen LogP contribution is 2.33. The van der Waals surface area contributed by atoms with Gasteiger partial charge in [-0.3, -0.25) is 15.0 Å². The maximum Gasteiger partial charge on any atom is 0.282 e. The number of nitrogens with one attached hydrogen (secondary N) is 1. The van der Waals surface area contributed by atoms with Crippen LogP contribution in [0.4, 0.5) is 5.69 Å². The minimum Gasteiger partial charge on any atom is -0.493 e. The van der Waals surface area contributed by atoms with Crippen molar-refractivity contribution in [2.75, 3.05) is 18.7 Å². The smallest absolute Gasteiger partial charge is 0.282 e. The quantitative estimate of drug-likeness (QED) is 0.672. The SMILES string of the molecule is CCOc1c(C=C2C(=O)NN(c3ccccc3)C2=O)cccc1OC. The Kier molecular flexibility index (Phi) is 4.70. The fourth-order valence-electron chi connectivity index (χ4n) is 2.58. The van der Waals surface area contributed by atoms with Crippen molar-refractivity contribution in [3.8, 4) is 11.5 Å². The van der Waals surface area contributed by atoms with Crippen LogP contribution in [0.5, 0.6) is 11.5 Å². The van der Waals surface area contributed by atoms with Crippen LogP contribution in [0.25, 0.3) is 6.08 Å². The van der Waals surface area contributed by atoms with Gasteiger partial charge in [-0.1, -0.05) is 30.3 Å². The predicted octanol–water partition coefficient (Wildman–Crippen LogP) is 2.56. The number of rotatable bonds is 5. The van der Waals surface area contributed by atoms with Gasteiger partial charge in [-0.25, -0.2) is 5.01 Å². The number of para-hydroxylation sites is 2. The molecule has 0 aromatic heterocycles. The Bertz CT molecular complexity index is 831. The third-order valence-corrected chi connectivity index (χ3v) is 3.72. The zero-order valence-corrected chi connectivity index (χ0v) is 14.0. The van der Waals surface area contributed by atoms with E-state index in [2.05, 4.69) is 5.43 Å². The Morgan fingerprint density at radius 2 is 1.84 bits per heavy atom. The second-order valence-electron chi connectivity index (χ2n) is 5.29. The lowest BCUT2D eigenvalue weighted by Crippen LogP contribution is -2.35. The molecule has 1 heterocycles. The lowest BCUT2D eigenvalue weighted by Gasteiger charge is -2.14. The van der Waals surface area contributed by atoms with Crippen LogP contribution in [-0.4, -0.2) is 25.5 Å². The normalized spacial score (nSPS) is 15.4. The van der Waals surface area contributed by atoms with E-state index in [1.807, 2.05) is 13.0 Å². The van der Waals surface area contributed by atoms with Gasteiger partial charge in [-0.05, 0) is 31.2 Å². The molecular formula is C19H18N2O4. The van der Waals surface area contributed by atoms with Crippen molar-refractivity contribution in [1.29, 1.82) is 0 Å². The van der Waals surface area contributed by atoms with E-state index in [9.17, 15) is 9.59 Å². The van der Waals surface area contributed by atoms with Crippen LogP contribution in [0, 0.1) is 0 Å². The standard InChI is InChI=1S/C19H18N2O4/c1-3-25-17-13(8-7-11-16(17)24-2)12-15-18(22)20-21(19(15)23)14-9-5-4-6-10-14/h4-12H,3H2,1-2H3,(H,20,22). The number of anilines is 1. The third-order valence-electron chi connectivity index (χ3n) is 3.72. The van der Waals surface area contributed by atoms with Gasteiger partial charge < -0.3 is 9.47 Å². The molecule has 1 saturated heterocycles. The predicted molar refractivity (Wildman–Crippen MR) is 94.2 cm³/mol. The number of ether oxygens (including phenoxy) is 2. The molecule has 25 heavy (non-hydrogen) atoms. The maximum atomic E-state index is 12.6. The zero-order chi connectivity index (χ0) is 17.8. The number of carbonyl (C=O) groups is 2. The summed E-state index contributed by atoms with van der Waals surface area (Å²) in [4.78, 5) is 24.9. The van der Waals surface area contributed by atoms with Gasteiger partial charge in [0.25, 0.3) is 11.8 Å². The summed E-state index contributed by atoms with van der Waals surface area (Å²) in [7, 11) is 1.54. The highest BCUT2D eigenvalue weighted by atomic mass is 16.5. The molecule has 1 N–H and O–H groups in total. The van der Waals surface area contributed by atoms with Crippen molar-refractivity contribution in [3.63, 3.8) is 0 Å². The first-order valence-corrected chi connectivity index (χ1v) is 7.87. The first kappa shape index (κ1) is 16.6. The average molecular weight is 338 g/mol. The second kappa shape index (κ2) is 7.09. The molecule has 2 amide bonds. The van der Waals surface area contributed by atoms with Crippen LogP contribution in [0.1, 0.15) is 12.5 Å². The van der Waals surface area contributed by atoms with Crippen LogP contribution < -0.4 is 19.9 Å². The van der Waals surface area contributed by atoms with Gasteiger partial charge in [0.2, 0.25) is 0 Å². The number of methoxy groups -OCH3 is 1. The number of hydrogen-bond acceptors (Lipinski definition) is 4. The van der Waals surface area contributed by atoms with Crippen LogP contribution in [0.2, 0.25) is 0 Å². The molecule has 0 spiro atoms. The molecule has 0 bridgehead atoms. The topological polar surface area (TPSA) is 67.9 Å². The Morgan fingerprint density at radius 3 is 2.52 bits per heavy atom. The van der Waals surface area contributed by atoms with E-state index >= 15 is 0 Å². The summed E-state index contributed by atoms with van der Waals surface area (Å²) >= 11 is 0. The monoisotopic (exact) mass is 338 g/mol. The molecule has 6 heteroatoms. The van der Waals surface area contributed by atoms with Crippen LogP contribution in [0.3, 0.4) is 0 Å². The summed E-state index contributed by atoms with van der Waals surface area (Å²) in [6, 6.07) is 14.2. The summed E-state index contributed by atoms with van der Waals surface area (Å²) in [5.74, 6) is 0.168. The van der Waals surface area contributed by atoms with E-state index in [1.165, 1.54) is 11.1 Å². The largest absolute Gasteiger partial charge is 0.493 e. The number of carbonyl (C=O) groups excluding carboxylic acids is 2. The molecule has 1 aliphatic rings. The van der Waals surface area contributed by atoms with Crippen molar-refractivity contribution < 1.29 is 19.1 Å². The Hall–Kier alpha value is -3.28. The van der Waals surface area contributed by atoms with E-state index in [4.69, 9.17) is 9.47 Å². The van der Waals surface area contributed by atoms with Gasteiger partial charge in [0.15, 0.2) is 11.5 Å². The van der Waals surface area contributed by atoms with Crippen molar-refractivity contribution in [1.82, 2.24) is 5.43 Å². The fourth-order valence-corrected chi connectivity index (χ4v) is 2.58. The van der Waals surface area contributed by atoms with Crippen LogP contribution in [-0.2, 0) is 9.59 Å². The first-order chi connectivity index (χ1) is 12.2. The van der Waals surface area contributed by atoms with Gasteiger partial charge in [-0.2, -0.15) is 0 Å². The van der Waals surface area contributed by atoms with E-state index in [0.29, 0.717) is 29.4 Å². The fraction of sp³-hybridized carbons (Fsp3) is 0.158. The summed E-state index contributed by atoms with van der Waals surface area (Å²) in [5, 5.41) is 1.23. The first-order valence-electron chi connectivity index (χ1n) is 7.87. The van der Waals surface area contributed by atoms with Crippen molar-refractivity contribution in [3.05, 3.63) is 59.7 Å². The molecule has 0 aliphatic carbocycles. The number of hydrazine groups is 1. The van der Waals surface area contributed by atoms with Gasteiger partial charge in [0, 0.05) is 5.56 Å². The van der Waals surface area contributed by atoms with Gasteiger partial charge >= 0.3 is 0 Å². The summed E-state index contributed by atoms with van der Waals surface area (Å²) in [5.41, 5.74) is 3.82. The number of nitrogens with zero attached hydrogens (tertiary/aromatic N) is 1. The maximum absolute atomic E-state index is 12.6. The van der Waals surface area contributed by atoms with Crippen LogP contribution >= 0.6 is 0 Å². The number of amides is 2. The number of benzene rings is 2. The summed E-state index contributed by atoms with van der Waals surface area (Å²) < 4.78 is 10.9. The minimum absolute atomic E-state index is 0.0399. The van der Waals surface area contributed by atoms with Crippen LogP contribution in [0.15, 0.2) is 54.1 Å². The molecule has 2 aromatic rings. The Morgan fingerprint density at radius 1 is 1.08 bits per heavy atom. The van der Waals surface area contributed by atoms with Crippen molar-refractivity contribution in [2.24, 2.45) is 0 Å². The lowest BCUT2D eigenvalue weighted by molar-refractivity contribution is -0.117. The zero-order valence-electron chi connectivity index (χ0n) is 14.0. The van der Waals surface area contributed by atoms with E-state index in [-0.39, 0.29) is 5.57 Å². The molecule has 0 saturated carbocycles. The number of hydrogen-bond donors (Lipinski definition) is 1. The van der Waals surface area contributed by atoms with Crippen molar-refractivity contribution >= 4 is 23.6 Å². The highest BCUT2D eigenvalue weighted by molar-refractivity contribution is 6.31. The Labute approximate surface area is 145 Å². The molecule has 1 aliphatic heterocycles. The average Bonchev–Trinajstić information content (AvgIpc) is 2.92. The van der Waals surface area contributed by atoms with Gasteiger partial charge in [0.1, 0.15) is 5.57 Å². The lowest BCUT2D eigenvalue weighted by atomic mass is 10.1. The molecule has 2 aromatic carbocycles. The van der Waals surface area contributed by atoms with Gasteiger partial charge in [-0.15, -0.1) is 0 Å². The molecule has 0 unspecified atom stereocenters. The van der Waals surface area contributed by atoms with Crippen molar-refractivity contribution in [2.45, 2.75) is 6.92 Å². The summed E-state index contributed by atoms with van der Waals surface area (Å²) in [6.07, 6.45) is 1.52. The molecule has 0 radical (unpaired) electrons. The molecule has 3 rings (SSSR count). The minimum atomic E-state index is -0.459. The molecule has 6 nitrogen and oxygen atoms in total. The summed E-state index contributed by atoms with van der Waals surface area (Å²) in [6.45, 7) is 2.29. The molecule has 1 fully saturated rings. The van der Waals surface area contributed by atoms with E-state index < -0.39 is 11.8 Å². The second-order valence-corrected chi connectivity index (χ2v) is 5.29.